The lowest BCUT2D eigenvalue weighted by Gasteiger charge is -2.08. The van der Waals surface area contributed by atoms with Crippen molar-refractivity contribution in [3.8, 4) is 11.8 Å². The highest BCUT2D eigenvalue weighted by atomic mass is 19.4. The van der Waals surface area contributed by atoms with Crippen LogP contribution in [0.4, 0.5) is 13.2 Å². The maximum atomic E-state index is 12.5. The molecule has 0 aliphatic carbocycles. The zero-order valence-corrected chi connectivity index (χ0v) is 18.9. The van der Waals surface area contributed by atoms with Crippen LogP contribution in [0.5, 0.6) is 0 Å². The van der Waals surface area contributed by atoms with E-state index in [0.717, 1.165) is 23.3 Å². The Morgan fingerprint density at radius 2 is 1.31 bits per heavy atom. The molecule has 29 heavy (non-hydrogen) atoms. The van der Waals surface area contributed by atoms with Gasteiger partial charge in [-0.05, 0) is 49.6 Å². The summed E-state index contributed by atoms with van der Waals surface area (Å²) >= 11 is 0. The van der Waals surface area contributed by atoms with Crippen LogP contribution >= 0.6 is 0 Å². The smallest absolute Gasteiger partial charge is 0.166 e. The van der Waals surface area contributed by atoms with Crippen LogP contribution in [0.15, 0.2) is 79.5 Å². The molecule has 0 spiro atoms. The van der Waals surface area contributed by atoms with Gasteiger partial charge in [-0.3, -0.25) is 0 Å². The van der Waals surface area contributed by atoms with Crippen LogP contribution in [0.2, 0.25) is 0 Å². The van der Waals surface area contributed by atoms with Crippen LogP contribution < -0.4 is 0 Å². The van der Waals surface area contributed by atoms with E-state index in [-0.39, 0.29) is 0 Å². The lowest BCUT2D eigenvalue weighted by molar-refractivity contribution is -0.137. The van der Waals surface area contributed by atoms with Crippen molar-refractivity contribution >= 4 is 5.57 Å². The van der Waals surface area contributed by atoms with Crippen LogP contribution in [-0.2, 0) is 6.18 Å². The Bertz CT molecular complexity index is 710. The van der Waals surface area contributed by atoms with Crippen molar-refractivity contribution < 1.29 is 13.2 Å². The molecule has 0 saturated carbocycles. The lowest BCUT2D eigenvalue weighted by atomic mass is 10.00. The molecule has 3 heteroatoms. The zero-order valence-electron chi connectivity index (χ0n) is 18.9. The van der Waals surface area contributed by atoms with Gasteiger partial charge in [0.25, 0.3) is 0 Å². The fourth-order valence-corrected chi connectivity index (χ4v) is 1.60. The highest BCUT2D eigenvalue weighted by Crippen LogP contribution is 2.30. The molecule has 0 saturated heterocycles. The lowest BCUT2D eigenvalue weighted by Crippen LogP contribution is -2.04. The Morgan fingerprint density at radius 1 is 0.862 bits per heavy atom. The summed E-state index contributed by atoms with van der Waals surface area (Å²) in [6.07, 6.45) is 2.46. The number of halogens is 3. The third-order valence-corrected chi connectivity index (χ3v) is 3.25. The monoisotopic (exact) mass is 404 g/mol. The predicted octanol–water partition coefficient (Wildman–Crippen LogP) is 9.05. The maximum absolute atomic E-state index is 12.5. The second kappa shape index (κ2) is 18.6. The van der Waals surface area contributed by atoms with Gasteiger partial charge in [0.1, 0.15) is 0 Å². The molecule has 0 aliphatic heterocycles. The van der Waals surface area contributed by atoms with E-state index < -0.39 is 11.7 Å². The summed E-state index contributed by atoms with van der Waals surface area (Å²) in [6, 6.07) is 5.05. The molecule has 0 amide bonds. The first-order valence-electron chi connectivity index (χ1n) is 9.60. The number of allylic oxidation sites excluding steroid dienone is 7. The third-order valence-electron chi connectivity index (χ3n) is 3.25. The van der Waals surface area contributed by atoms with Crippen LogP contribution in [0.3, 0.4) is 0 Å². The van der Waals surface area contributed by atoms with E-state index >= 15 is 0 Å². The molecule has 0 aliphatic rings. The highest BCUT2D eigenvalue weighted by molar-refractivity contribution is 5.73. The van der Waals surface area contributed by atoms with Gasteiger partial charge in [-0.25, -0.2) is 0 Å². The van der Waals surface area contributed by atoms with Crippen molar-refractivity contribution in [3.05, 3.63) is 90.6 Å². The molecule has 0 N–H and O–H groups in total. The zero-order chi connectivity index (χ0) is 23.5. The molecule has 0 radical (unpaired) electrons. The molecule has 0 fully saturated rings. The number of rotatable bonds is 3. The van der Waals surface area contributed by atoms with Crippen molar-refractivity contribution in [1.82, 2.24) is 0 Å². The topological polar surface area (TPSA) is 0 Å². The van der Waals surface area contributed by atoms with Gasteiger partial charge < -0.3 is 0 Å². The van der Waals surface area contributed by atoms with Gasteiger partial charge in [0, 0.05) is 5.57 Å². The van der Waals surface area contributed by atoms with Gasteiger partial charge in [-0.2, -0.15) is 13.2 Å². The van der Waals surface area contributed by atoms with E-state index in [1.54, 1.807) is 18.2 Å². The summed E-state index contributed by atoms with van der Waals surface area (Å²) in [5, 5.41) is 0. The first-order chi connectivity index (χ1) is 13.7. The summed E-state index contributed by atoms with van der Waals surface area (Å²) in [7, 11) is 0. The predicted molar refractivity (Wildman–Crippen MR) is 125 cm³/mol. The number of hydrogen-bond acceptors (Lipinski definition) is 0. The Labute approximate surface area is 176 Å². The summed E-state index contributed by atoms with van der Waals surface area (Å²) in [6.45, 7) is 24.0. The van der Waals surface area contributed by atoms with Crippen LogP contribution in [-0.4, -0.2) is 0 Å². The minimum atomic E-state index is -4.32. The highest BCUT2D eigenvalue weighted by Gasteiger charge is 2.29. The van der Waals surface area contributed by atoms with Crippen molar-refractivity contribution in [1.29, 1.82) is 0 Å². The summed E-state index contributed by atoms with van der Waals surface area (Å²) in [4.78, 5) is 0. The molecule has 0 aromatic heterocycles. The van der Waals surface area contributed by atoms with Gasteiger partial charge in [-0.15, -0.1) is 0 Å². The Balaban J connectivity index is -0.000000733. The van der Waals surface area contributed by atoms with Crippen molar-refractivity contribution in [2.45, 2.75) is 54.6 Å². The first-order valence-corrected chi connectivity index (χ1v) is 9.60. The first kappa shape index (κ1) is 31.0. The summed E-state index contributed by atoms with van der Waals surface area (Å²) < 4.78 is 37.6. The average molecular weight is 405 g/mol. The Kier molecular flexibility index (Phi) is 19.9. The van der Waals surface area contributed by atoms with Crippen LogP contribution in [0, 0.1) is 11.8 Å². The summed E-state index contributed by atoms with van der Waals surface area (Å²) in [5.41, 5.74) is 2.47. The molecule has 0 heterocycles. The molecular formula is C26H35F3. The van der Waals surface area contributed by atoms with E-state index in [1.165, 1.54) is 12.1 Å². The van der Waals surface area contributed by atoms with E-state index in [4.69, 9.17) is 0 Å². The minimum absolute atomic E-state index is 0.657. The largest absolute Gasteiger partial charge is 0.416 e. The summed E-state index contributed by atoms with van der Waals surface area (Å²) in [5.74, 6) is 5.96. The van der Waals surface area contributed by atoms with Gasteiger partial charge in [-0.1, -0.05) is 95.7 Å². The second-order valence-corrected chi connectivity index (χ2v) is 5.01. The Hall–Kier alpha value is -2.73. The maximum Gasteiger partial charge on any atom is 0.416 e. The van der Waals surface area contributed by atoms with E-state index in [1.807, 2.05) is 54.5 Å². The van der Waals surface area contributed by atoms with E-state index in [0.29, 0.717) is 11.1 Å². The molecule has 0 bridgehead atoms. The van der Waals surface area contributed by atoms with Gasteiger partial charge in [0.05, 0.1) is 5.56 Å². The van der Waals surface area contributed by atoms with Crippen LogP contribution in [0.1, 0.15) is 59.6 Å². The normalized spacial score (nSPS) is 10.6. The molecule has 0 nitrogen and oxygen atoms in total. The van der Waals surface area contributed by atoms with Gasteiger partial charge in [0.2, 0.25) is 0 Å². The number of benzene rings is 1. The molecule has 1 rings (SSSR count). The second-order valence-electron chi connectivity index (χ2n) is 5.01. The molecule has 0 unspecified atom stereocenters. The van der Waals surface area contributed by atoms with Crippen molar-refractivity contribution in [2.24, 2.45) is 0 Å². The van der Waals surface area contributed by atoms with Crippen LogP contribution in [0.25, 0.3) is 5.57 Å². The fourth-order valence-electron chi connectivity index (χ4n) is 1.60. The SMILES string of the molecule is C=C/C(C#C/C(C)=C/C)=C(\C)c1ccc(C(F)(F)F)cc1.C=CC=C.CC.CC. The molecule has 1 aromatic carbocycles. The minimum Gasteiger partial charge on any atom is -0.166 e. The van der Waals surface area contributed by atoms with Crippen molar-refractivity contribution in [3.63, 3.8) is 0 Å². The average Bonchev–Trinajstić information content (AvgIpc) is 2.76. The van der Waals surface area contributed by atoms with E-state index in [9.17, 15) is 13.2 Å². The molecule has 1 aromatic rings. The fraction of sp³-hybridized carbons (Fsp3) is 0.308. The number of alkyl halides is 3. The van der Waals surface area contributed by atoms with E-state index in [2.05, 4.69) is 31.6 Å². The molecule has 0 atom stereocenters. The van der Waals surface area contributed by atoms with Gasteiger partial charge in [0.15, 0.2) is 0 Å². The third kappa shape index (κ3) is 14.0. The standard InChI is InChI=1S/C18H17F3.C4H6.2C2H6/c1-5-13(3)7-8-15(6-2)14(4)16-9-11-17(12-10-16)18(19,20)21;1-3-4-2;2*1-2/h5-6,9-12H,2H2,1,3-4H3;3-4H,1-2H2;2*1-2H3/b13-5+,15-14-;;;. The quantitative estimate of drug-likeness (QED) is 0.348. The van der Waals surface area contributed by atoms with Crippen molar-refractivity contribution in [2.75, 3.05) is 0 Å². The molecular weight excluding hydrogens is 369 g/mol. The molecule has 160 valence electrons. The van der Waals surface area contributed by atoms with Gasteiger partial charge >= 0.3 is 6.18 Å². The number of hydrogen-bond donors (Lipinski definition) is 0. The Morgan fingerprint density at radius 3 is 1.62 bits per heavy atom.